The zero-order valence-electron chi connectivity index (χ0n) is 9.38. The van der Waals surface area contributed by atoms with E-state index in [1.54, 1.807) is 31.3 Å². The van der Waals surface area contributed by atoms with E-state index in [1.165, 1.54) is 4.68 Å². The molecule has 88 valence electrons. The number of nitrogens with zero attached hydrogens (tertiary/aromatic N) is 3. The number of carbonyl (C=O) groups excluding carboxylic acids is 1. The number of amides is 1. The van der Waals surface area contributed by atoms with Crippen molar-refractivity contribution in [3.05, 3.63) is 34.6 Å². The van der Waals surface area contributed by atoms with Gasteiger partial charge in [0.1, 0.15) is 5.52 Å². The molecule has 0 aliphatic carbocycles. The van der Waals surface area contributed by atoms with Crippen LogP contribution in [0.3, 0.4) is 0 Å². The van der Waals surface area contributed by atoms with Crippen LogP contribution in [0.2, 0.25) is 0 Å². The van der Waals surface area contributed by atoms with Crippen LogP contribution in [0.5, 0.6) is 0 Å². The van der Waals surface area contributed by atoms with Gasteiger partial charge in [-0.15, -0.1) is 5.10 Å². The first-order valence-corrected chi connectivity index (χ1v) is 5.25. The molecule has 0 aliphatic heterocycles. The van der Waals surface area contributed by atoms with Crippen LogP contribution in [0.25, 0.3) is 10.9 Å². The normalized spacial score (nSPS) is 10.4. The first-order valence-electron chi connectivity index (χ1n) is 5.25. The van der Waals surface area contributed by atoms with Crippen LogP contribution in [0, 0.1) is 0 Å². The maximum absolute atomic E-state index is 12.0. The number of aromatic nitrogens is 3. The lowest BCUT2D eigenvalue weighted by Crippen LogP contribution is -2.27. The summed E-state index contributed by atoms with van der Waals surface area (Å²) < 4.78 is 1.21. The highest BCUT2D eigenvalue weighted by Gasteiger charge is 2.06. The molecule has 0 unspecified atom stereocenters. The first kappa shape index (κ1) is 11.3. The summed E-state index contributed by atoms with van der Waals surface area (Å²) in [5.74, 6) is -0.133. The fraction of sp³-hybridized carbons (Fsp3) is 0.273. The van der Waals surface area contributed by atoms with Crippen molar-refractivity contribution in [2.24, 2.45) is 0 Å². The Balaban J connectivity index is 2.33. The number of hydrogen-bond acceptors (Lipinski definition) is 4. The van der Waals surface area contributed by atoms with Crippen LogP contribution in [-0.2, 0) is 11.3 Å². The zero-order valence-corrected chi connectivity index (χ0v) is 9.38. The van der Waals surface area contributed by atoms with E-state index in [0.717, 1.165) is 0 Å². The number of nitrogens with one attached hydrogen (secondary N) is 1. The van der Waals surface area contributed by atoms with Crippen molar-refractivity contribution >= 4 is 16.8 Å². The van der Waals surface area contributed by atoms with Crippen molar-refractivity contribution < 1.29 is 4.79 Å². The number of fused-ring (bicyclic) bond motifs is 1. The van der Waals surface area contributed by atoms with Crippen LogP contribution < -0.4 is 10.9 Å². The summed E-state index contributed by atoms with van der Waals surface area (Å²) in [6, 6.07) is 7.00. The van der Waals surface area contributed by atoms with Gasteiger partial charge in [-0.05, 0) is 12.1 Å². The number of carbonyl (C=O) groups is 1. The minimum absolute atomic E-state index is 0.133. The molecule has 1 aromatic carbocycles. The molecular weight excluding hydrogens is 220 g/mol. The molecule has 0 aliphatic rings. The van der Waals surface area contributed by atoms with Crippen molar-refractivity contribution in [1.29, 1.82) is 0 Å². The summed E-state index contributed by atoms with van der Waals surface area (Å²) in [4.78, 5) is 23.0. The third kappa shape index (κ3) is 2.30. The molecule has 0 spiro atoms. The fourth-order valence-electron chi connectivity index (χ4n) is 1.50. The lowest BCUT2D eigenvalue weighted by molar-refractivity contribution is -0.120. The van der Waals surface area contributed by atoms with Crippen molar-refractivity contribution in [2.75, 3.05) is 7.05 Å². The summed E-state index contributed by atoms with van der Waals surface area (Å²) in [7, 11) is 1.55. The number of benzene rings is 1. The van der Waals surface area contributed by atoms with Crippen LogP contribution in [0.4, 0.5) is 0 Å². The Labute approximate surface area is 97.3 Å². The topological polar surface area (TPSA) is 76.9 Å². The van der Waals surface area contributed by atoms with Gasteiger partial charge in [-0.25, -0.2) is 4.68 Å². The highest BCUT2D eigenvalue weighted by Crippen LogP contribution is 2.03. The molecule has 6 nitrogen and oxygen atoms in total. The van der Waals surface area contributed by atoms with Gasteiger partial charge in [-0.1, -0.05) is 17.3 Å². The molecule has 0 radical (unpaired) electrons. The third-order valence-electron chi connectivity index (χ3n) is 2.46. The van der Waals surface area contributed by atoms with E-state index < -0.39 is 0 Å². The van der Waals surface area contributed by atoms with Crippen molar-refractivity contribution in [3.8, 4) is 0 Å². The van der Waals surface area contributed by atoms with Gasteiger partial charge in [-0.3, -0.25) is 9.59 Å². The Bertz CT molecular complexity index is 606. The largest absolute Gasteiger partial charge is 0.359 e. The van der Waals surface area contributed by atoms with Gasteiger partial charge < -0.3 is 5.32 Å². The maximum atomic E-state index is 12.0. The summed E-state index contributed by atoms with van der Waals surface area (Å²) in [5, 5.41) is 10.7. The van der Waals surface area contributed by atoms with Gasteiger partial charge in [0, 0.05) is 13.5 Å². The van der Waals surface area contributed by atoms with Crippen molar-refractivity contribution in [1.82, 2.24) is 20.3 Å². The molecule has 0 fully saturated rings. The minimum atomic E-state index is -0.223. The highest BCUT2D eigenvalue weighted by molar-refractivity contribution is 5.77. The van der Waals surface area contributed by atoms with Crippen LogP contribution in [-0.4, -0.2) is 27.9 Å². The molecule has 1 aromatic heterocycles. The highest BCUT2D eigenvalue weighted by atomic mass is 16.2. The Morgan fingerprint density at radius 1 is 1.41 bits per heavy atom. The third-order valence-corrected chi connectivity index (χ3v) is 2.46. The molecule has 1 amide bonds. The number of hydrogen-bond donors (Lipinski definition) is 1. The molecule has 2 aromatic rings. The number of rotatable bonds is 3. The summed E-state index contributed by atoms with van der Waals surface area (Å²) in [6.45, 7) is 0.232. The fourth-order valence-corrected chi connectivity index (χ4v) is 1.50. The zero-order chi connectivity index (χ0) is 12.3. The van der Waals surface area contributed by atoms with E-state index in [-0.39, 0.29) is 24.4 Å². The minimum Gasteiger partial charge on any atom is -0.359 e. The van der Waals surface area contributed by atoms with E-state index >= 15 is 0 Å². The van der Waals surface area contributed by atoms with Crippen LogP contribution in [0.1, 0.15) is 6.42 Å². The van der Waals surface area contributed by atoms with Crippen molar-refractivity contribution in [2.45, 2.75) is 13.0 Å². The van der Waals surface area contributed by atoms with E-state index in [2.05, 4.69) is 15.6 Å². The van der Waals surface area contributed by atoms with E-state index in [1.807, 2.05) is 0 Å². The Morgan fingerprint density at radius 3 is 2.94 bits per heavy atom. The van der Waals surface area contributed by atoms with E-state index in [4.69, 9.17) is 0 Å². The van der Waals surface area contributed by atoms with Gasteiger partial charge in [0.15, 0.2) is 0 Å². The van der Waals surface area contributed by atoms with E-state index in [0.29, 0.717) is 10.9 Å². The summed E-state index contributed by atoms with van der Waals surface area (Å²) >= 11 is 0. The molecular formula is C11H12N4O2. The number of aryl methyl sites for hydroxylation is 1. The van der Waals surface area contributed by atoms with Gasteiger partial charge >= 0.3 is 0 Å². The van der Waals surface area contributed by atoms with Gasteiger partial charge in [0.25, 0.3) is 5.56 Å². The molecule has 0 bridgehead atoms. The maximum Gasteiger partial charge on any atom is 0.277 e. The van der Waals surface area contributed by atoms with Crippen LogP contribution in [0.15, 0.2) is 29.1 Å². The average molecular weight is 232 g/mol. The van der Waals surface area contributed by atoms with Gasteiger partial charge in [0.2, 0.25) is 5.91 Å². The molecule has 0 atom stereocenters. The summed E-state index contributed by atoms with van der Waals surface area (Å²) in [5.41, 5.74) is 0.341. The van der Waals surface area contributed by atoms with Crippen molar-refractivity contribution in [3.63, 3.8) is 0 Å². The van der Waals surface area contributed by atoms with Gasteiger partial charge in [0.05, 0.1) is 11.9 Å². The predicted molar refractivity (Wildman–Crippen MR) is 62.5 cm³/mol. The molecule has 0 saturated heterocycles. The molecule has 1 N–H and O–H groups in total. The first-order chi connectivity index (χ1) is 8.22. The molecule has 17 heavy (non-hydrogen) atoms. The SMILES string of the molecule is CNC(=O)CCn1nnc2ccccc2c1=O. The molecule has 0 saturated carbocycles. The molecule has 1 heterocycles. The molecule has 2 rings (SSSR count). The monoisotopic (exact) mass is 232 g/mol. The van der Waals surface area contributed by atoms with Gasteiger partial charge in [-0.2, -0.15) is 0 Å². The van der Waals surface area contributed by atoms with Crippen LogP contribution >= 0.6 is 0 Å². The Kier molecular flexibility index (Phi) is 3.13. The Hall–Kier alpha value is -2.24. The second-order valence-electron chi connectivity index (χ2n) is 3.56. The summed E-state index contributed by atoms with van der Waals surface area (Å²) in [6.07, 6.45) is 0.212. The standard InChI is InChI=1S/C11H12N4O2/c1-12-10(16)6-7-15-11(17)8-4-2-3-5-9(8)13-14-15/h2-5H,6-7H2,1H3,(H,12,16). The average Bonchev–Trinajstić information content (AvgIpc) is 2.38. The lowest BCUT2D eigenvalue weighted by atomic mass is 10.2. The smallest absolute Gasteiger partial charge is 0.277 e. The Morgan fingerprint density at radius 2 is 2.18 bits per heavy atom. The second-order valence-corrected chi connectivity index (χ2v) is 3.56. The quantitative estimate of drug-likeness (QED) is 0.803. The molecule has 6 heteroatoms. The second kappa shape index (κ2) is 4.73. The predicted octanol–water partition coefficient (Wildman–Crippen LogP) is -0.0724. The lowest BCUT2D eigenvalue weighted by Gasteiger charge is -2.03. The van der Waals surface area contributed by atoms with E-state index in [9.17, 15) is 9.59 Å².